The number of aliphatic carboxylic acids is 1. The number of ether oxygens (including phenoxy) is 2. The number of carbonyl (C=O) groups is 4. The quantitative estimate of drug-likeness (QED) is 0.516. The SMILES string of the molecule is CN(C(=O)CNC(=O)CNC(=O)OCC1c2ccccc2-c2ccccc21)C1COCC1C(=O)O. The number of hydrogen-bond acceptors (Lipinski definition) is 6. The van der Waals surface area contributed by atoms with Crippen LogP contribution in [-0.4, -0.2) is 79.9 Å². The number of carboxylic acid groups (broad SMARTS) is 1. The second-order valence-corrected chi connectivity index (χ2v) is 8.51. The fraction of sp³-hybridized carbons (Fsp3) is 0.360. The number of carbonyl (C=O) groups excluding carboxylic acids is 3. The minimum Gasteiger partial charge on any atom is -0.481 e. The normalized spacial score (nSPS) is 18.3. The van der Waals surface area contributed by atoms with E-state index in [9.17, 15) is 24.3 Å². The van der Waals surface area contributed by atoms with E-state index in [-0.39, 0.29) is 38.8 Å². The van der Waals surface area contributed by atoms with Gasteiger partial charge < -0.3 is 30.1 Å². The topological polar surface area (TPSA) is 134 Å². The Morgan fingerprint density at radius 1 is 0.971 bits per heavy atom. The lowest BCUT2D eigenvalue weighted by Gasteiger charge is -2.26. The molecule has 2 aliphatic rings. The standard InChI is InChI=1S/C25H27N3O7/c1-28(21-14-34-12-20(21)24(31)32)23(30)11-26-22(29)10-27-25(33)35-13-19-17-8-4-2-6-15(17)16-7-3-5-9-18(16)19/h2-9,19-21H,10-14H2,1H3,(H,26,29)(H,27,33)(H,31,32). The summed E-state index contributed by atoms with van der Waals surface area (Å²) in [4.78, 5) is 49.2. The van der Waals surface area contributed by atoms with Gasteiger partial charge in [-0.3, -0.25) is 14.4 Å². The van der Waals surface area contributed by atoms with Crippen molar-refractivity contribution in [2.45, 2.75) is 12.0 Å². The zero-order valence-corrected chi connectivity index (χ0v) is 19.2. The Morgan fingerprint density at radius 2 is 1.60 bits per heavy atom. The van der Waals surface area contributed by atoms with Crippen LogP contribution in [0.4, 0.5) is 4.79 Å². The third-order valence-corrected chi connectivity index (χ3v) is 6.43. The fourth-order valence-corrected chi connectivity index (χ4v) is 4.51. The first-order valence-electron chi connectivity index (χ1n) is 11.3. The van der Waals surface area contributed by atoms with Crippen LogP contribution in [0.2, 0.25) is 0 Å². The first-order valence-corrected chi connectivity index (χ1v) is 11.3. The Balaban J connectivity index is 1.21. The summed E-state index contributed by atoms with van der Waals surface area (Å²) in [7, 11) is 1.47. The summed E-state index contributed by atoms with van der Waals surface area (Å²) in [5, 5.41) is 14.0. The van der Waals surface area contributed by atoms with Crippen molar-refractivity contribution < 1.29 is 33.8 Å². The predicted molar refractivity (Wildman–Crippen MR) is 125 cm³/mol. The molecule has 35 heavy (non-hydrogen) atoms. The average Bonchev–Trinajstić information content (AvgIpc) is 3.48. The molecule has 0 spiro atoms. The Labute approximate surface area is 202 Å². The van der Waals surface area contributed by atoms with Crippen LogP contribution in [0.15, 0.2) is 48.5 Å². The van der Waals surface area contributed by atoms with Gasteiger partial charge in [-0.15, -0.1) is 0 Å². The van der Waals surface area contributed by atoms with E-state index < -0.39 is 35.8 Å². The van der Waals surface area contributed by atoms with Gasteiger partial charge in [-0.05, 0) is 22.3 Å². The number of amides is 3. The molecule has 1 fully saturated rings. The molecule has 4 rings (SSSR count). The molecule has 2 aromatic rings. The largest absolute Gasteiger partial charge is 0.481 e. The molecular formula is C25H27N3O7. The van der Waals surface area contributed by atoms with Crippen molar-refractivity contribution in [1.82, 2.24) is 15.5 Å². The lowest BCUT2D eigenvalue weighted by molar-refractivity contribution is -0.144. The summed E-state index contributed by atoms with van der Waals surface area (Å²) in [5.74, 6) is -2.97. The van der Waals surface area contributed by atoms with Gasteiger partial charge in [-0.2, -0.15) is 0 Å². The van der Waals surface area contributed by atoms with Crippen molar-refractivity contribution in [3.8, 4) is 11.1 Å². The van der Waals surface area contributed by atoms with Crippen molar-refractivity contribution in [1.29, 1.82) is 0 Å². The Kier molecular flexibility index (Phi) is 7.31. The van der Waals surface area contributed by atoms with Crippen molar-refractivity contribution in [2.75, 3.05) is 40.0 Å². The van der Waals surface area contributed by atoms with Crippen LogP contribution >= 0.6 is 0 Å². The maximum Gasteiger partial charge on any atom is 0.407 e. The van der Waals surface area contributed by atoms with E-state index >= 15 is 0 Å². The summed E-state index contributed by atoms with van der Waals surface area (Å²) >= 11 is 0. The Hall–Kier alpha value is -3.92. The Morgan fingerprint density at radius 3 is 2.23 bits per heavy atom. The van der Waals surface area contributed by atoms with E-state index in [0.29, 0.717) is 0 Å². The number of hydrogen-bond donors (Lipinski definition) is 3. The lowest BCUT2D eigenvalue weighted by atomic mass is 9.98. The summed E-state index contributed by atoms with van der Waals surface area (Å²) in [6.45, 7) is -0.411. The Bertz CT molecular complexity index is 1090. The molecule has 0 saturated carbocycles. The molecule has 10 heteroatoms. The van der Waals surface area contributed by atoms with E-state index in [1.807, 2.05) is 48.5 Å². The van der Waals surface area contributed by atoms with Gasteiger partial charge in [0.2, 0.25) is 11.8 Å². The average molecular weight is 482 g/mol. The summed E-state index contributed by atoms with van der Waals surface area (Å²) < 4.78 is 10.5. The van der Waals surface area contributed by atoms with Crippen LogP contribution in [0.5, 0.6) is 0 Å². The number of nitrogens with one attached hydrogen (secondary N) is 2. The highest BCUT2D eigenvalue weighted by molar-refractivity contribution is 5.87. The number of fused-ring (bicyclic) bond motifs is 3. The molecule has 184 valence electrons. The van der Waals surface area contributed by atoms with Crippen molar-refractivity contribution in [3.63, 3.8) is 0 Å². The molecule has 2 atom stereocenters. The smallest absolute Gasteiger partial charge is 0.407 e. The molecule has 0 aromatic heterocycles. The van der Waals surface area contributed by atoms with Gasteiger partial charge in [0.25, 0.3) is 0 Å². The highest BCUT2D eigenvalue weighted by atomic mass is 16.5. The molecule has 1 aliphatic heterocycles. The van der Waals surface area contributed by atoms with Crippen LogP contribution in [0.25, 0.3) is 11.1 Å². The van der Waals surface area contributed by atoms with E-state index in [4.69, 9.17) is 9.47 Å². The molecule has 0 radical (unpaired) electrons. The second-order valence-electron chi connectivity index (χ2n) is 8.51. The van der Waals surface area contributed by atoms with E-state index in [0.717, 1.165) is 22.3 Å². The van der Waals surface area contributed by atoms with E-state index in [1.165, 1.54) is 11.9 Å². The highest BCUT2D eigenvalue weighted by Crippen LogP contribution is 2.44. The van der Waals surface area contributed by atoms with Crippen LogP contribution in [-0.2, 0) is 23.9 Å². The lowest BCUT2D eigenvalue weighted by Crippen LogP contribution is -2.48. The molecule has 3 amide bonds. The highest BCUT2D eigenvalue weighted by Gasteiger charge is 2.38. The van der Waals surface area contributed by atoms with E-state index in [1.54, 1.807) is 0 Å². The maximum absolute atomic E-state index is 12.3. The number of likely N-dealkylation sites (N-methyl/N-ethyl adjacent to an activating group) is 1. The van der Waals surface area contributed by atoms with Crippen LogP contribution in [0, 0.1) is 5.92 Å². The zero-order chi connectivity index (χ0) is 24.9. The third kappa shape index (κ3) is 5.27. The first-order chi connectivity index (χ1) is 16.9. The second kappa shape index (κ2) is 10.6. The summed E-state index contributed by atoms with van der Waals surface area (Å²) in [6, 6.07) is 15.3. The van der Waals surface area contributed by atoms with Gasteiger partial charge in [-0.25, -0.2) is 4.79 Å². The monoisotopic (exact) mass is 481 g/mol. The van der Waals surface area contributed by atoms with Crippen molar-refractivity contribution >= 4 is 23.9 Å². The molecule has 3 N–H and O–H groups in total. The summed E-state index contributed by atoms with van der Waals surface area (Å²) in [5.41, 5.74) is 4.40. The van der Waals surface area contributed by atoms with Gasteiger partial charge in [0, 0.05) is 13.0 Å². The minimum atomic E-state index is -1.04. The number of nitrogens with zero attached hydrogens (tertiary/aromatic N) is 1. The number of benzene rings is 2. The molecule has 1 heterocycles. The number of carboxylic acids is 1. The molecule has 2 aromatic carbocycles. The molecule has 2 unspecified atom stereocenters. The van der Waals surface area contributed by atoms with Crippen LogP contribution < -0.4 is 10.6 Å². The van der Waals surface area contributed by atoms with Gasteiger partial charge >= 0.3 is 12.1 Å². The number of rotatable bonds is 8. The molecule has 1 aliphatic carbocycles. The molecular weight excluding hydrogens is 454 g/mol. The van der Waals surface area contributed by atoms with Crippen LogP contribution in [0.3, 0.4) is 0 Å². The van der Waals surface area contributed by atoms with E-state index in [2.05, 4.69) is 10.6 Å². The maximum atomic E-state index is 12.3. The van der Waals surface area contributed by atoms with Crippen LogP contribution in [0.1, 0.15) is 17.0 Å². The predicted octanol–water partition coefficient (Wildman–Crippen LogP) is 1.20. The third-order valence-electron chi connectivity index (χ3n) is 6.43. The molecule has 10 nitrogen and oxygen atoms in total. The zero-order valence-electron chi connectivity index (χ0n) is 19.2. The minimum absolute atomic E-state index is 0.0358. The number of alkyl carbamates (subject to hydrolysis) is 1. The van der Waals surface area contributed by atoms with Crippen molar-refractivity contribution in [3.05, 3.63) is 59.7 Å². The molecule has 1 saturated heterocycles. The first kappa shape index (κ1) is 24.2. The summed E-state index contributed by atoms with van der Waals surface area (Å²) in [6.07, 6.45) is -0.738. The van der Waals surface area contributed by atoms with Gasteiger partial charge in [0.15, 0.2) is 0 Å². The molecule has 0 bridgehead atoms. The van der Waals surface area contributed by atoms with Gasteiger partial charge in [-0.1, -0.05) is 48.5 Å². The van der Waals surface area contributed by atoms with Gasteiger partial charge in [0.05, 0.1) is 25.8 Å². The fourth-order valence-electron chi connectivity index (χ4n) is 4.51. The van der Waals surface area contributed by atoms with Gasteiger partial charge in [0.1, 0.15) is 19.1 Å². The van der Waals surface area contributed by atoms with Crippen molar-refractivity contribution in [2.24, 2.45) is 5.92 Å².